The van der Waals surface area contributed by atoms with Crippen molar-refractivity contribution < 1.29 is 0 Å². The van der Waals surface area contributed by atoms with Gasteiger partial charge in [-0.2, -0.15) is 0 Å². The molecule has 0 heterocycles. The third kappa shape index (κ3) is 3.48. The summed E-state index contributed by atoms with van der Waals surface area (Å²) in [5, 5.41) is 0. The molecular formula is C21H27N. The van der Waals surface area contributed by atoms with Gasteiger partial charge in [0.25, 0.3) is 0 Å². The van der Waals surface area contributed by atoms with E-state index in [1.165, 1.54) is 11.1 Å². The molecule has 116 valence electrons. The summed E-state index contributed by atoms with van der Waals surface area (Å²) in [4.78, 5) is 2.36. The first-order chi connectivity index (χ1) is 10.6. The Kier molecular flexibility index (Phi) is 5.57. The van der Waals surface area contributed by atoms with Crippen molar-refractivity contribution in [2.45, 2.75) is 25.8 Å². The van der Waals surface area contributed by atoms with Crippen molar-refractivity contribution in [3.63, 3.8) is 0 Å². The largest absolute Gasteiger partial charge is 0.299 e. The zero-order valence-electron chi connectivity index (χ0n) is 14.2. The molecule has 1 nitrogen and oxygen atoms in total. The van der Waals surface area contributed by atoms with Gasteiger partial charge in [0.05, 0.1) is 5.54 Å². The molecule has 0 aromatic heterocycles. The molecule has 2 aromatic rings. The third-order valence-electron chi connectivity index (χ3n) is 4.57. The summed E-state index contributed by atoms with van der Waals surface area (Å²) in [6.07, 6.45) is 5.53. The summed E-state index contributed by atoms with van der Waals surface area (Å²) in [6, 6.07) is 21.4. The SMILES string of the molecule is CC(C)C(CC=Cc1ccccc1)(c1ccccc1)N(C)C. The van der Waals surface area contributed by atoms with Gasteiger partial charge in [-0.1, -0.05) is 86.7 Å². The van der Waals surface area contributed by atoms with Crippen LogP contribution in [0.15, 0.2) is 66.7 Å². The van der Waals surface area contributed by atoms with Gasteiger partial charge in [-0.25, -0.2) is 0 Å². The Bertz CT molecular complexity index is 574. The van der Waals surface area contributed by atoms with E-state index in [4.69, 9.17) is 0 Å². The number of benzene rings is 2. The maximum Gasteiger partial charge on any atom is 0.0512 e. The van der Waals surface area contributed by atoms with E-state index in [1.807, 2.05) is 0 Å². The van der Waals surface area contributed by atoms with Crippen molar-refractivity contribution >= 4 is 6.08 Å². The fraction of sp³-hybridized carbons (Fsp3) is 0.333. The average molecular weight is 293 g/mol. The highest BCUT2D eigenvalue weighted by Crippen LogP contribution is 2.38. The standard InChI is InChI=1S/C21H27N/c1-18(2)21(22(3)4,20-15-9-6-10-16-20)17-11-14-19-12-7-5-8-13-19/h5-16,18H,17H2,1-4H3. The van der Waals surface area contributed by atoms with Crippen molar-refractivity contribution in [2.24, 2.45) is 5.92 Å². The molecular weight excluding hydrogens is 266 g/mol. The zero-order chi connectivity index (χ0) is 16.0. The lowest BCUT2D eigenvalue weighted by Gasteiger charge is -2.43. The minimum Gasteiger partial charge on any atom is -0.299 e. The van der Waals surface area contributed by atoms with E-state index >= 15 is 0 Å². The highest BCUT2D eigenvalue weighted by atomic mass is 15.1. The summed E-state index contributed by atoms with van der Waals surface area (Å²) in [5.41, 5.74) is 2.66. The Balaban J connectivity index is 2.31. The number of nitrogens with zero attached hydrogens (tertiary/aromatic N) is 1. The molecule has 0 aliphatic rings. The second-order valence-corrected chi connectivity index (χ2v) is 6.36. The van der Waals surface area contributed by atoms with E-state index in [9.17, 15) is 0 Å². The van der Waals surface area contributed by atoms with E-state index in [0.29, 0.717) is 5.92 Å². The molecule has 1 heteroatoms. The van der Waals surface area contributed by atoms with E-state index in [-0.39, 0.29) is 5.54 Å². The summed E-state index contributed by atoms with van der Waals surface area (Å²) in [7, 11) is 4.37. The van der Waals surface area contributed by atoms with Crippen molar-refractivity contribution in [3.8, 4) is 0 Å². The van der Waals surface area contributed by atoms with Crippen LogP contribution in [0.25, 0.3) is 6.08 Å². The Morgan fingerprint density at radius 2 is 1.45 bits per heavy atom. The summed E-state index contributed by atoms with van der Waals surface area (Å²) in [5.74, 6) is 0.519. The smallest absolute Gasteiger partial charge is 0.0512 e. The number of hydrogen-bond acceptors (Lipinski definition) is 1. The lowest BCUT2D eigenvalue weighted by atomic mass is 9.76. The summed E-state index contributed by atoms with van der Waals surface area (Å²) < 4.78 is 0. The van der Waals surface area contributed by atoms with Gasteiger partial charge in [-0.05, 0) is 37.6 Å². The van der Waals surface area contributed by atoms with Gasteiger partial charge < -0.3 is 0 Å². The molecule has 22 heavy (non-hydrogen) atoms. The summed E-state index contributed by atoms with van der Waals surface area (Å²) >= 11 is 0. The van der Waals surface area contributed by atoms with Crippen LogP contribution < -0.4 is 0 Å². The molecule has 0 saturated heterocycles. The third-order valence-corrected chi connectivity index (χ3v) is 4.57. The molecule has 1 atom stereocenters. The molecule has 0 amide bonds. The van der Waals surface area contributed by atoms with Crippen LogP contribution in [-0.4, -0.2) is 19.0 Å². The molecule has 2 rings (SSSR count). The topological polar surface area (TPSA) is 3.24 Å². The predicted molar refractivity (Wildman–Crippen MR) is 96.7 cm³/mol. The fourth-order valence-corrected chi connectivity index (χ4v) is 3.31. The van der Waals surface area contributed by atoms with Gasteiger partial charge in [0.15, 0.2) is 0 Å². The first-order valence-corrected chi connectivity index (χ1v) is 8.02. The molecule has 0 fully saturated rings. The molecule has 0 bridgehead atoms. The summed E-state index contributed by atoms with van der Waals surface area (Å²) in [6.45, 7) is 4.62. The normalized spacial score (nSPS) is 14.6. The van der Waals surface area contributed by atoms with Gasteiger partial charge >= 0.3 is 0 Å². The van der Waals surface area contributed by atoms with Crippen molar-refractivity contribution in [2.75, 3.05) is 14.1 Å². The van der Waals surface area contributed by atoms with Crippen LogP contribution >= 0.6 is 0 Å². The van der Waals surface area contributed by atoms with Gasteiger partial charge in [-0.3, -0.25) is 4.90 Å². The van der Waals surface area contributed by atoms with Crippen LogP contribution in [0.2, 0.25) is 0 Å². The molecule has 1 unspecified atom stereocenters. The van der Waals surface area contributed by atoms with Gasteiger partial charge in [-0.15, -0.1) is 0 Å². The Labute approximate surface area is 135 Å². The minimum atomic E-state index is 0.0204. The van der Waals surface area contributed by atoms with Crippen LogP contribution in [0.4, 0.5) is 0 Å². The van der Waals surface area contributed by atoms with Gasteiger partial charge in [0, 0.05) is 0 Å². The lowest BCUT2D eigenvalue weighted by molar-refractivity contribution is 0.0955. The van der Waals surface area contributed by atoms with Crippen LogP contribution in [0, 0.1) is 5.92 Å². The molecule has 0 saturated carbocycles. The van der Waals surface area contributed by atoms with Crippen molar-refractivity contribution in [3.05, 3.63) is 77.9 Å². The maximum atomic E-state index is 2.36. The highest BCUT2D eigenvalue weighted by Gasteiger charge is 2.36. The Morgan fingerprint density at radius 1 is 0.909 bits per heavy atom. The van der Waals surface area contributed by atoms with Crippen LogP contribution in [-0.2, 0) is 5.54 Å². The average Bonchev–Trinajstić information content (AvgIpc) is 2.53. The van der Waals surface area contributed by atoms with E-state index in [1.54, 1.807) is 0 Å². The monoisotopic (exact) mass is 293 g/mol. The van der Waals surface area contributed by atoms with Gasteiger partial charge in [0.1, 0.15) is 0 Å². The predicted octanol–water partition coefficient (Wildman–Crippen LogP) is 5.20. The molecule has 0 aliphatic carbocycles. The van der Waals surface area contributed by atoms with Crippen molar-refractivity contribution in [1.29, 1.82) is 0 Å². The maximum absolute atomic E-state index is 2.36. The van der Waals surface area contributed by atoms with Crippen LogP contribution in [0.5, 0.6) is 0 Å². The second-order valence-electron chi connectivity index (χ2n) is 6.36. The lowest BCUT2D eigenvalue weighted by Crippen LogP contribution is -2.45. The Morgan fingerprint density at radius 3 is 1.95 bits per heavy atom. The number of rotatable bonds is 6. The van der Waals surface area contributed by atoms with E-state index in [2.05, 4.69) is 106 Å². The van der Waals surface area contributed by atoms with E-state index < -0.39 is 0 Å². The molecule has 0 radical (unpaired) electrons. The van der Waals surface area contributed by atoms with Crippen LogP contribution in [0.3, 0.4) is 0 Å². The quantitative estimate of drug-likeness (QED) is 0.707. The van der Waals surface area contributed by atoms with E-state index in [0.717, 1.165) is 6.42 Å². The zero-order valence-corrected chi connectivity index (χ0v) is 14.2. The second kappa shape index (κ2) is 7.42. The van der Waals surface area contributed by atoms with Crippen LogP contribution in [0.1, 0.15) is 31.4 Å². The first-order valence-electron chi connectivity index (χ1n) is 8.02. The molecule has 0 aliphatic heterocycles. The molecule has 0 N–H and O–H groups in total. The first kappa shape index (κ1) is 16.5. The highest BCUT2D eigenvalue weighted by molar-refractivity contribution is 5.49. The van der Waals surface area contributed by atoms with Gasteiger partial charge in [0.2, 0.25) is 0 Å². The van der Waals surface area contributed by atoms with Crippen molar-refractivity contribution in [1.82, 2.24) is 4.90 Å². The Hall–Kier alpha value is -1.86. The minimum absolute atomic E-state index is 0.0204. The molecule has 0 spiro atoms. The fourth-order valence-electron chi connectivity index (χ4n) is 3.31. The molecule has 2 aromatic carbocycles. The number of hydrogen-bond donors (Lipinski definition) is 0.